The summed E-state index contributed by atoms with van der Waals surface area (Å²) in [5, 5.41) is 17.8. The number of hydrogen-bond acceptors (Lipinski definition) is 5. The summed E-state index contributed by atoms with van der Waals surface area (Å²) in [6, 6.07) is 10.4. The highest BCUT2D eigenvalue weighted by Crippen LogP contribution is 2.46. The highest BCUT2D eigenvalue weighted by Gasteiger charge is 2.27. The molecule has 5 nitrogen and oxygen atoms in total. The van der Waals surface area contributed by atoms with Crippen LogP contribution in [-0.2, 0) is 22.3 Å². The highest BCUT2D eigenvalue weighted by atomic mass is 31.2. The lowest BCUT2D eigenvalue weighted by molar-refractivity contribution is 0.171. The van der Waals surface area contributed by atoms with Crippen molar-refractivity contribution in [2.75, 3.05) is 6.61 Å². The van der Waals surface area contributed by atoms with Crippen LogP contribution in [0.15, 0.2) is 24.3 Å². The third-order valence-electron chi connectivity index (χ3n) is 3.21. The summed E-state index contributed by atoms with van der Waals surface area (Å²) < 4.78 is 14.1. The minimum Gasteiger partial charge on any atom is -0.392 e. The van der Waals surface area contributed by atoms with E-state index in [4.69, 9.17) is 19.4 Å². The van der Waals surface area contributed by atoms with Gasteiger partial charge in [-0.1, -0.05) is 24.3 Å². The summed E-state index contributed by atoms with van der Waals surface area (Å²) in [6.07, 6.45) is 0.359. The second-order valence-corrected chi connectivity index (χ2v) is 7.25. The van der Waals surface area contributed by atoms with Gasteiger partial charge in [-0.25, -0.2) is 4.67 Å². The zero-order valence-electron chi connectivity index (χ0n) is 14.4. The molecule has 1 unspecified atom stereocenters. The van der Waals surface area contributed by atoms with E-state index in [1.165, 1.54) is 0 Å². The zero-order chi connectivity index (χ0) is 17.2. The monoisotopic (exact) mass is 338 g/mol. The van der Waals surface area contributed by atoms with Crippen molar-refractivity contribution in [3.63, 3.8) is 0 Å². The van der Waals surface area contributed by atoms with E-state index in [9.17, 15) is 0 Å². The molecule has 1 N–H and O–H groups in total. The molecule has 0 aliphatic heterocycles. The lowest BCUT2D eigenvalue weighted by Crippen LogP contribution is -2.33. The summed E-state index contributed by atoms with van der Waals surface area (Å²) in [4.78, 5) is 0. The second kappa shape index (κ2) is 10.7. The predicted molar refractivity (Wildman–Crippen MR) is 92.4 cm³/mol. The Hall–Kier alpha value is -1.02. The maximum Gasteiger partial charge on any atom is 0.259 e. The summed E-state index contributed by atoms with van der Waals surface area (Å²) in [5.74, 6) is 0. The first-order valence-electron chi connectivity index (χ1n) is 7.89. The molecule has 0 aromatic heterocycles. The van der Waals surface area contributed by atoms with Crippen molar-refractivity contribution in [3.05, 3.63) is 35.4 Å². The van der Waals surface area contributed by atoms with Crippen LogP contribution in [-0.4, -0.2) is 28.5 Å². The molecule has 6 heteroatoms. The number of rotatable bonds is 10. The van der Waals surface area contributed by atoms with Gasteiger partial charge in [0.15, 0.2) is 0 Å². The molecule has 0 aliphatic rings. The van der Waals surface area contributed by atoms with Crippen molar-refractivity contribution in [3.8, 4) is 6.07 Å². The summed E-state index contributed by atoms with van der Waals surface area (Å²) in [6.45, 7) is 9.32. The van der Waals surface area contributed by atoms with E-state index in [2.05, 4.69) is 38.4 Å². The highest BCUT2D eigenvalue weighted by molar-refractivity contribution is 7.44. The molecule has 0 aliphatic carbocycles. The molecule has 0 saturated heterocycles. The van der Waals surface area contributed by atoms with Gasteiger partial charge in [-0.05, 0) is 38.8 Å². The first kappa shape index (κ1) is 20.0. The Labute approximate surface area is 140 Å². The largest absolute Gasteiger partial charge is 0.392 e. The Balaban J connectivity index is 2.72. The van der Waals surface area contributed by atoms with E-state index in [1.54, 1.807) is 0 Å². The maximum absolute atomic E-state index is 9.08. The Bertz CT molecular complexity index is 478. The summed E-state index contributed by atoms with van der Waals surface area (Å²) in [7, 11) is -1.22. The lowest BCUT2D eigenvalue weighted by atomic mass is 10.1. The molecule has 0 spiro atoms. The van der Waals surface area contributed by atoms with Crippen molar-refractivity contribution in [1.29, 1.82) is 5.26 Å². The van der Waals surface area contributed by atoms with Crippen LogP contribution >= 0.6 is 8.53 Å². The van der Waals surface area contributed by atoms with Gasteiger partial charge in [-0.15, -0.1) is 0 Å². The molecule has 0 heterocycles. The van der Waals surface area contributed by atoms with E-state index in [-0.39, 0.29) is 6.61 Å². The van der Waals surface area contributed by atoms with Crippen molar-refractivity contribution in [1.82, 2.24) is 4.67 Å². The van der Waals surface area contributed by atoms with E-state index in [0.717, 1.165) is 11.1 Å². The molecule has 0 saturated carbocycles. The molecule has 0 radical (unpaired) electrons. The van der Waals surface area contributed by atoms with Crippen LogP contribution in [0.25, 0.3) is 0 Å². The number of aliphatic hydroxyl groups excluding tert-OH is 1. The average Bonchev–Trinajstić information content (AvgIpc) is 2.52. The van der Waals surface area contributed by atoms with Crippen LogP contribution in [0.5, 0.6) is 0 Å². The molecule has 1 rings (SSSR count). The van der Waals surface area contributed by atoms with E-state index >= 15 is 0 Å². The van der Waals surface area contributed by atoms with Crippen molar-refractivity contribution >= 4 is 8.53 Å². The van der Waals surface area contributed by atoms with E-state index < -0.39 is 8.53 Å². The second-order valence-electron chi connectivity index (χ2n) is 5.79. The van der Waals surface area contributed by atoms with Gasteiger partial charge in [0.1, 0.15) is 0 Å². The summed E-state index contributed by atoms with van der Waals surface area (Å²) in [5.41, 5.74) is 1.92. The SMILES string of the molecule is CC(C)N(C(C)C)P(OCCC#N)OCc1ccc(CO)cc1. The van der Waals surface area contributed by atoms with Gasteiger partial charge in [-0.2, -0.15) is 5.26 Å². The Kier molecular flexibility index (Phi) is 9.31. The fourth-order valence-corrected chi connectivity index (χ4v) is 3.79. The van der Waals surface area contributed by atoms with Crippen LogP contribution in [0.4, 0.5) is 0 Å². The van der Waals surface area contributed by atoms with Gasteiger partial charge in [0.05, 0.1) is 32.3 Å². The van der Waals surface area contributed by atoms with Crippen LogP contribution in [0.3, 0.4) is 0 Å². The molecule has 23 heavy (non-hydrogen) atoms. The standard InChI is InChI=1S/C17H27N2O3P/c1-14(2)19(15(3)4)23(21-11-5-10-18)22-13-17-8-6-16(12-20)7-9-17/h6-9,14-15,20H,5,11-13H2,1-4H3. The molecular formula is C17H27N2O3P. The Morgan fingerprint density at radius 3 is 2.13 bits per heavy atom. The van der Waals surface area contributed by atoms with Crippen LogP contribution in [0.1, 0.15) is 45.2 Å². The minimum atomic E-state index is -1.22. The van der Waals surface area contributed by atoms with Crippen LogP contribution in [0.2, 0.25) is 0 Å². The van der Waals surface area contributed by atoms with Gasteiger partial charge >= 0.3 is 0 Å². The van der Waals surface area contributed by atoms with Crippen molar-refractivity contribution in [2.45, 2.75) is 59.4 Å². The first-order chi connectivity index (χ1) is 11.0. The van der Waals surface area contributed by atoms with Crippen LogP contribution in [0, 0.1) is 11.3 Å². The molecule has 0 fully saturated rings. The Morgan fingerprint density at radius 1 is 1.09 bits per heavy atom. The Morgan fingerprint density at radius 2 is 1.65 bits per heavy atom. The minimum absolute atomic E-state index is 0.0413. The molecule has 1 atom stereocenters. The van der Waals surface area contributed by atoms with E-state index in [0.29, 0.717) is 31.7 Å². The lowest BCUT2D eigenvalue weighted by Gasteiger charge is -2.35. The van der Waals surface area contributed by atoms with Gasteiger partial charge in [0.2, 0.25) is 0 Å². The third-order valence-corrected chi connectivity index (χ3v) is 5.26. The van der Waals surface area contributed by atoms with Gasteiger partial charge in [0.25, 0.3) is 8.53 Å². The van der Waals surface area contributed by atoms with Crippen LogP contribution < -0.4 is 0 Å². The number of hydrogen-bond donors (Lipinski definition) is 1. The molecular weight excluding hydrogens is 311 g/mol. The van der Waals surface area contributed by atoms with Crippen molar-refractivity contribution in [2.24, 2.45) is 0 Å². The number of aliphatic hydroxyl groups is 1. The van der Waals surface area contributed by atoms with Gasteiger partial charge < -0.3 is 14.2 Å². The van der Waals surface area contributed by atoms with E-state index in [1.807, 2.05) is 24.3 Å². The van der Waals surface area contributed by atoms with Crippen molar-refractivity contribution < 1.29 is 14.2 Å². The van der Waals surface area contributed by atoms with Gasteiger partial charge in [-0.3, -0.25) is 0 Å². The fourth-order valence-electron chi connectivity index (χ4n) is 2.18. The molecule has 1 aromatic carbocycles. The number of benzene rings is 1. The first-order valence-corrected chi connectivity index (χ1v) is 9.02. The summed E-state index contributed by atoms with van der Waals surface area (Å²) >= 11 is 0. The molecule has 0 bridgehead atoms. The predicted octanol–water partition coefficient (Wildman–Crippen LogP) is 3.97. The average molecular weight is 338 g/mol. The number of nitrogens with zero attached hydrogens (tertiary/aromatic N) is 2. The molecule has 0 amide bonds. The fraction of sp³-hybridized carbons (Fsp3) is 0.588. The topological polar surface area (TPSA) is 65.7 Å². The number of nitriles is 1. The quantitative estimate of drug-likeness (QED) is 0.516. The van der Waals surface area contributed by atoms with Gasteiger partial charge in [0, 0.05) is 12.1 Å². The molecule has 128 valence electrons. The smallest absolute Gasteiger partial charge is 0.259 e. The third kappa shape index (κ3) is 6.95. The normalized spacial score (nSPS) is 12.8. The maximum atomic E-state index is 9.08. The molecule has 1 aromatic rings. The zero-order valence-corrected chi connectivity index (χ0v) is 15.3.